The Morgan fingerprint density at radius 2 is 1.94 bits per heavy atom. The predicted octanol–water partition coefficient (Wildman–Crippen LogP) is 7.09. The standard InChI is InChI=1S/C18H15ClF3N3O.C5H10O/c1-10(2)13-9-23-17(12-6-7-25(3)16(12)13)24-14-5-4-11(19)8-15(14)26-18(20,21)22;1-2-4-6-5-3-1/h4-9H,1H2,2-3H3,(H,23,24);1-5H2. The molecule has 1 fully saturated rings. The number of nitrogens with zero attached hydrogens (tertiary/aromatic N) is 2. The summed E-state index contributed by atoms with van der Waals surface area (Å²) in [6.07, 6.45) is 2.58. The Hall–Kier alpha value is -2.71. The molecular weight excluding hydrogens is 443 g/mol. The van der Waals surface area contributed by atoms with E-state index in [-0.39, 0.29) is 10.7 Å². The van der Waals surface area contributed by atoms with Crippen molar-refractivity contribution in [2.75, 3.05) is 18.5 Å². The van der Waals surface area contributed by atoms with E-state index in [9.17, 15) is 13.2 Å². The Labute approximate surface area is 189 Å². The molecule has 32 heavy (non-hydrogen) atoms. The molecule has 0 saturated carbocycles. The molecule has 172 valence electrons. The van der Waals surface area contributed by atoms with Crippen molar-refractivity contribution >= 4 is 39.6 Å². The molecule has 0 bridgehead atoms. The Bertz CT molecular complexity index is 1080. The van der Waals surface area contributed by atoms with E-state index >= 15 is 0 Å². The molecule has 1 aromatic carbocycles. The van der Waals surface area contributed by atoms with Crippen LogP contribution in [0.3, 0.4) is 0 Å². The molecule has 1 saturated heterocycles. The number of fused-ring (bicyclic) bond motifs is 1. The van der Waals surface area contributed by atoms with Crippen LogP contribution in [0, 0.1) is 0 Å². The summed E-state index contributed by atoms with van der Waals surface area (Å²) < 4.78 is 49.0. The lowest BCUT2D eigenvalue weighted by atomic mass is 10.1. The number of rotatable bonds is 4. The SMILES string of the molecule is C1CCOCC1.C=C(C)c1cnc(Nc2ccc(Cl)cc2OC(F)(F)F)c2ccn(C)c12. The molecule has 2 aromatic heterocycles. The fourth-order valence-corrected chi connectivity index (χ4v) is 3.51. The van der Waals surface area contributed by atoms with Crippen molar-refractivity contribution in [3.05, 3.63) is 53.8 Å². The maximum atomic E-state index is 12.7. The molecule has 0 unspecified atom stereocenters. The lowest BCUT2D eigenvalue weighted by Crippen LogP contribution is -2.18. The third-order valence-electron chi connectivity index (χ3n) is 4.87. The molecule has 4 rings (SSSR count). The lowest BCUT2D eigenvalue weighted by Gasteiger charge is -2.16. The van der Waals surface area contributed by atoms with E-state index in [1.165, 1.54) is 31.4 Å². The van der Waals surface area contributed by atoms with Crippen molar-refractivity contribution in [2.24, 2.45) is 7.05 Å². The normalized spacial score (nSPS) is 13.9. The number of pyridine rings is 1. The number of aromatic nitrogens is 2. The molecule has 0 atom stereocenters. The second-order valence-electron chi connectivity index (χ2n) is 7.48. The van der Waals surface area contributed by atoms with Crippen LogP contribution in [0.15, 0.2) is 43.2 Å². The van der Waals surface area contributed by atoms with Gasteiger partial charge in [0, 0.05) is 54.7 Å². The molecule has 9 heteroatoms. The summed E-state index contributed by atoms with van der Waals surface area (Å²) in [4.78, 5) is 4.34. The second kappa shape index (κ2) is 10.3. The van der Waals surface area contributed by atoms with E-state index in [1.54, 1.807) is 6.20 Å². The number of anilines is 2. The predicted molar refractivity (Wildman–Crippen MR) is 122 cm³/mol. The minimum atomic E-state index is -4.83. The quantitative estimate of drug-likeness (QED) is 0.445. The van der Waals surface area contributed by atoms with Crippen LogP contribution < -0.4 is 10.1 Å². The third-order valence-corrected chi connectivity index (χ3v) is 5.10. The van der Waals surface area contributed by atoms with Crippen molar-refractivity contribution in [3.63, 3.8) is 0 Å². The van der Waals surface area contributed by atoms with Crippen LogP contribution in [-0.4, -0.2) is 29.1 Å². The van der Waals surface area contributed by atoms with Crippen LogP contribution in [0.2, 0.25) is 5.02 Å². The van der Waals surface area contributed by atoms with E-state index in [0.717, 1.165) is 41.3 Å². The average molecular weight is 468 g/mol. The van der Waals surface area contributed by atoms with Gasteiger partial charge in [0.2, 0.25) is 0 Å². The monoisotopic (exact) mass is 467 g/mol. The van der Waals surface area contributed by atoms with Gasteiger partial charge in [0.1, 0.15) is 5.82 Å². The highest BCUT2D eigenvalue weighted by atomic mass is 35.5. The van der Waals surface area contributed by atoms with Gasteiger partial charge in [-0.25, -0.2) is 4.98 Å². The molecule has 0 amide bonds. The number of nitrogens with one attached hydrogen (secondary N) is 1. The van der Waals surface area contributed by atoms with Gasteiger partial charge >= 0.3 is 6.36 Å². The summed E-state index contributed by atoms with van der Waals surface area (Å²) in [7, 11) is 1.87. The minimum absolute atomic E-state index is 0.104. The second-order valence-corrected chi connectivity index (χ2v) is 7.91. The number of ether oxygens (including phenoxy) is 2. The van der Waals surface area contributed by atoms with Crippen LogP contribution in [0.1, 0.15) is 31.7 Å². The zero-order chi connectivity index (χ0) is 23.3. The van der Waals surface area contributed by atoms with Gasteiger partial charge in [-0.3, -0.25) is 0 Å². The number of hydrogen-bond acceptors (Lipinski definition) is 4. The van der Waals surface area contributed by atoms with E-state index in [1.807, 2.05) is 30.8 Å². The first-order valence-electron chi connectivity index (χ1n) is 10.2. The summed E-state index contributed by atoms with van der Waals surface area (Å²) in [5.74, 6) is -0.0280. The molecule has 1 aliphatic heterocycles. The van der Waals surface area contributed by atoms with Crippen molar-refractivity contribution in [1.82, 2.24) is 9.55 Å². The van der Waals surface area contributed by atoms with Crippen molar-refractivity contribution in [3.8, 4) is 5.75 Å². The molecular formula is C23H25ClF3N3O2. The van der Waals surface area contributed by atoms with Gasteiger partial charge in [0.15, 0.2) is 5.75 Å². The maximum Gasteiger partial charge on any atom is 0.573 e. The van der Waals surface area contributed by atoms with E-state index in [2.05, 4.69) is 21.6 Å². The molecule has 0 aliphatic carbocycles. The Morgan fingerprint density at radius 1 is 1.22 bits per heavy atom. The van der Waals surface area contributed by atoms with E-state index in [0.29, 0.717) is 5.82 Å². The van der Waals surface area contributed by atoms with Crippen LogP contribution >= 0.6 is 11.6 Å². The van der Waals surface area contributed by atoms with E-state index in [4.69, 9.17) is 16.3 Å². The van der Waals surface area contributed by atoms with Gasteiger partial charge < -0.3 is 19.4 Å². The zero-order valence-electron chi connectivity index (χ0n) is 17.9. The molecule has 3 aromatic rings. The molecule has 3 heterocycles. The minimum Gasteiger partial charge on any atom is -0.404 e. The average Bonchev–Trinajstić information content (AvgIpc) is 3.13. The zero-order valence-corrected chi connectivity index (χ0v) is 18.7. The lowest BCUT2D eigenvalue weighted by molar-refractivity contribution is -0.274. The molecule has 1 aliphatic rings. The van der Waals surface area contributed by atoms with Crippen LogP contribution in [0.4, 0.5) is 24.7 Å². The highest BCUT2D eigenvalue weighted by Gasteiger charge is 2.32. The molecule has 1 N–H and O–H groups in total. The van der Waals surface area contributed by atoms with Crippen molar-refractivity contribution in [2.45, 2.75) is 32.5 Å². The summed E-state index contributed by atoms with van der Waals surface area (Å²) in [6.45, 7) is 7.81. The number of hydrogen-bond donors (Lipinski definition) is 1. The number of allylic oxidation sites excluding steroid dienone is 1. The summed E-state index contributed by atoms with van der Waals surface area (Å²) >= 11 is 5.80. The van der Waals surface area contributed by atoms with Crippen molar-refractivity contribution < 1.29 is 22.6 Å². The van der Waals surface area contributed by atoms with Gasteiger partial charge in [-0.05, 0) is 50.0 Å². The smallest absolute Gasteiger partial charge is 0.404 e. The van der Waals surface area contributed by atoms with Crippen molar-refractivity contribution in [1.29, 1.82) is 0 Å². The van der Waals surface area contributed by atoms with Gasteiger partial charge in [-0.2, -0.15) is 0 Å². The van der Waals surface area contributed by atoms with E-state index < -0.39 is 12.1 Å². The fourth-order valence-electron chi connectivity index (χ4n) is 3.35. The molecule has 0 radical (unpaired) electrons. The Balaban J connectivity index is 0.000000416. The van der Waals surface area contributed by atoms with Crippen LogP contribution in [0.25, 0.3) is 16.5 Å². The number of halogens is 4. The first-order valence-corrected chi connectivity index (χ1v) is 10.5. The first-order chi connectivity index (χ1) is 15.2. The largest absolute Gasteiger partial charge is 0.573 e. The van der Waals surface area contributed by atoms with Gasteiger partial charge in [0.05, 0.1) is 11.2 Å². The number of alkyl halides is 3. The summed E-state index contributed by atoms with van der Waals surface area (Å²) in [5.41, 5.74) is 2.68. The summed E-state index contributed by atoms with van der Waals surface area (Å²) in [6, 6.07) is 5.81. The van der Waals surface area contributed by atoms with Gasteiger partial charge in [0.25, 0.3) is 0 Å². The topological polar surface area (TPSA) is 48.3 Å². The van der Waals surface area contributed by atoms with Crippen LogP contribution in [-0.2, 0) is 11.8 Å². The number of benzene rings is 1. The summed E-state index contributed by atoms with van der Waals surface area (Å²) in [5, 5.41) is 3.79. The highest BCUT2D eigenvalue weighted by molar-refractivity contribution is 6.30. The third kappa shape index (κ3) is 6.17. The maximum absolute atomic E-state index is 12.7. The fraction of sp³-hybridized carbons (Fsp3) is 0.348. The van der Waals surface area contributed by atoms with Gasteiger partial charge in [-0.1, -0.05) is 18.2 Å². The Morgan fingerprint density at radius 3 is 2.50 bits per heavy atom. The van der Waals surface area contributed by atoms with Crippen LogP contribution in [0.5, 0.6) is 5.75 Å². The Kier molecular flexibility index (Phi) is 7.69. The number of aryl methyl sites for hydroxylation is 1. The highest BCUT2D eigenvalue weighted by Crippen LogP contribution is 2.36. The van der Waals surface area contributed by atoms with Gasteiger partial charge in [-0.15, -0.1) is 13.2 Å². The molecule has 0 spiro atoms. The molecule has 5 nitrogen and oxygen atoms in total. The first kappa shape index (κ1) is 23.9.